The van der Waals surface area contributed by atoms with Gasteiger partial charge in [-0.3, -0.25) is 0 Å². The summed E-state index contributed by atoms with van der Waals surface area (Å²) in [7, 11) is 2.94. The maximum absolute atomic E-state index is 11.3. The van der Waals surface area contributed by atoms with Crippen molar-refractivity contribution >= 4 is 5.97 Å². The number of ether oxygens (including phenoxy) is 2. The lowest BCUT2D eigenvalue weighted by molar-refractivity contribution is 0.0593. The lowest BCUT2D eigenvalue weighted by Crippen LogP contribution is -2.02. The number of carbonyl (C=O) groups excluding carboxylic acids is 1. The fourth-order valence-corrected chi connectivity index (χ4v) is 1.38. The Labute approximate surface area is 103 Å². The van der Waals surface area contributed by atoms with Crippen LogP contribution in [0.4, 0.5) is 0 Å². The molecular weight excluding hydrogens is 236 g/mol. The molecule has 6 heteroatoms. The zero-order chi connectivity index (χ0) is 13.1. The van der Waals surface area contributed by atoms with Gasteiger partial charge in [-0.25, -0.2) is 9.48 Å². The Morgan fingerprint density at radius 2 is 2.00 bits per heavy atom. The zero-order valence-corrected chi connectivity index (χ0v) is 9.95. The van der Waals surface area contributed by atoms with Gasteiger partial charge in [-0.2, -0.15) is 5.10 Å². The third kappa shape index (κ3) is 2.42. The summed E-state index contributed by atoms with van der Waals surface area (Å²) in [6.07, 6.45) is 0. The van der Waals surface area contributed by atoms with Gasteiger partial charge in [0.15, 0.2) is 5.69 Å². The van der Waals surface area contributed by atoms with Crippen molar-refractivity contribution in [1.29, 1.82) is 0 Å². The predicted molar refractivity (Wildman–Crippen MR) is 62.7 cm³/mol. The first-order valence-electron chi connectivity index (χ1n) is 5.19. The highest BCUT2D eigenvalue weighted by Gasteiger charge is 2.14. The zero-order valence-electron chi connectivity index (χ0n) is 9.95. The molecule has 0 atom stereocenters. The number of aryl methyl sites for hydroxylation is 1. The molecule has 1 heterocycles. The van der Waals surface area contributed by atoms with Crippen LogP contribution in [0.25, 0.3) is 0 Å². The second kappa shape index (κ2) is 4.79. The SMILES string of the molecule is COC(=O)c1cc(Oc2ccc(O)cc2)n(C)n1. The molecule has 0 radical (unpaired) electrons. The molecule has 1 aromatic heterocycles. The Morgan fingerprint density at radius 1 is 1.33 bits per heavy atom. The lowest BCUT2D eigenvalue weighted by atomic mass is 10.3. The monoisotopic (exact) mass is 248 g/mol. The Bertz CT molecular complexity index is 560. The molecule has 0 aliphatic rings. The molecule has 2 aromatic rings. The van der Waals surface area contributed by atoms with Gasteiger partial charge in [0.05, 0.1) is 7.11 Å². The predicted octanol–water partition coefficient (Wildman–Crippen LogP) is 1.70. The van der Waals surface area contributed by atoms with Crippen molar-refractivity contribution in [2.75, 3.05) is 7.11 Å². The molecule has 0 aliphatic heterocycles. The van der Waals surface area contributed by atoms with E-state index in [1.54, 1.807) is 19.2 Å². The molecule has 0 aliphatic carbocycles. The van der Waals surface area contributed by atoms with Crippen molar-refractivity contribution < 1.29 is 19.4 Å². The number of carbonyl (C=O) groups is 1. The van der Waals surface area contributed by atoms with Gasteiger partial charge in [0.25, 0.3) is 0 Å². The second-order valence-electron chi connectivity index (χ2n) is 3.58. The van der Waals surface area contributed by atoms with Gasteiger partial charge in [-0.1, -0.05) is 0 Å². The average molecular weight is 248 g/mol. The fraction of sp³-hybridized carbons (Fsp3) is 0.167. The highest BCUT2D eigenvalue weighted by molar-refractivity contribution is 5.87. The average Bonchev–Trinajstić information content (AvgIpc) is 2.73. The topological polar surface area (TPSA) is 73.6 Å². The van der Waals surface area contributed by atoms with E-state index in [0.29, 0.717) is 11.6 Å². The smallest absolute Gasteiger partial charge is 0.358 e. The number of hydrogen-bond acceptors (Lipinski definition) is 5. The van der Waals surface area contributed by atoms with Crippen molar-refractivity contribution in [3.63, 3.8) is 0 Å². The summed E-state index contributed by atoms with van der Waals surface area (Å²) >= 11 is 0. The van der Waals surface area contributed by atoms with Gasteiger partial charge in [0.1, 0.15) is 11.5 Å². The first-order valence-corrected chi connectivity index (χ1v) is 5.19. The van der Waals surface area contributed by atoms with Crippen LogP contribution in [0, 0.1) is 0 Å². The minimum Gasteiger partial charge on any atom is -0.508 e. The van der Waals surface area contributed by atoms with Crippen LogP contribution in [0.2, 0.25) is 0 Å². The number of nitrogens with zero attached hydrogens (tertiary/aromatic N) is 2. The normalized spacial score (nSPS) is 10.1. The molecule has 1 N–H and O–H groups in total. The Hall–Kier alpha value is -2.50. The third-order valence-electron chi connectivity index (χ3n) is 2.29. The van der Waals surface area contributed by atoms with Crippen molar-refractivity contribution in [1.82, 2.24) is 9.78 Å². The van der Waals surface area contributed by atoms with Crippen molar-refractivity contribution in [2.24, 2.45) is 7.05 Å². The summed E-state index contributed by atoms with van der Waals surface area (Å²) in [4.78, 5) is 11.3. The summed E-state index contributed by atoms with van der Waals surface area (Å²) in [5, 5.41) is 13.1. The molecule has 6 nitrogen and oxygen atoms in total. The molecule has 0 spiro atoms. The Balaban J connectivity index is 2.21. The fourth-order valence-electron chi connectivity index (χ4n) is 1.38. The van der Waals surface area contributed by atoms with Crippen molar-refractivity contribution in [3.05, 3.63) is 36.0 Å². The quantitative estimate of drug-likeness (QED) is 0.837. The molecule has 1 aromatic carbocycles. The number of phenolic OH excluding ortho intramolecular Hbond substituents is 1. The van der Waals surface area contributed by atoms with Crippen LogP contribution in [0.5, 0.6) is 17.4 Å². The lowest BCUT2D eigenvalue weighted by Gasteiger charge is -2.04. The first-order chi connectivity index (χ1) is 8.60. The van der Waals surface area contributed by atoms with Gasteiger partial charge in [-0.05, 0) is 24.3 Å². The van der Waals surface area contributed by atoms with Crippen molar-refractivity contribution in [3.8, 4) is 17.4 Å². The van der Waals surface area contributed by atoms with Gasteiger partial charge in [-0.15, -0.1) is 0 Å². The number of methoxy groups -OCH3 is 1. The van der Waals surface area contributed by atoms with Crippen LogP contribution >= 0.6 is 0 Å². The summed E-state index contributed by atoms with van der Waals surface area (Å²) in [6, 6.07) is 7.72. The molecule has 2 rings (SSSR count). The highest BCUT2D eigenvalue weighted by atomic mass is 16.5. The van der Waals surface area contributed by atoms with E-state index in [1.165, 1.54) is 30.0 Å². The van der Waals surface area contributed by atoms with E-state index in [4.69, 9.17) is 9.84 Å². The summed E-state index contributed by atoms with van der Waals surface area (Å²) < 4.78 is 11.5. The van der Waals surface area contributed by atoms with E-state index in [0.717, 1.165) is 0 Å². The van der Waals surface area contributed by atoms with Crippen LogP contribution < -0.4 is 4.74 Å². The van der Waals surface area contributed by atoms with Crippen LogP contribution in [-0.4, -0.2) is 28.0 Å². The number of benzene rings is 1. The number of aromatic nitrogens is 2. The third-order valence-corrected chi connectivity index (χ3v) is 2.29. The van der Waals surface area contributed by atoms with E-state index >= 15 is 0 Å². The van der Waals surface area contributed by atoms with E-state index in [9.17, 15) is 4.79 Å². The van der Waals surface area contributed by atoms with Gasteiger partial charge < -0.3 is 14.6 Å². The molecule has 0 fully saturated rings. The number of hydrogen-bond donors (Lipinski definition) is 1. The van der Waals surface area contributed by atoms with Crippen LogP contribution in [0.1, 0.15) is 10.5 Å². The van der Waals surface area contributed by atoms with Crippen molar-refractivity contribution in [2.45, 2.75) is 0 Å². The highest BCUT2D eigenvalue weighted by Crippen LogP contribution is 2.23. The second-order valence-corrected chi connectivity index (χ2v) is 3.58. The number of aromatic hydroxyl groups is 1. The molecule has 0 amide bonds. The summed E-state index contributed by atoms with van der Waals surface area (Å²) in [5.74, 6) is 0.571. The van der Waals surface area contributed by atoms with Crippen LogP contribution in [-0.2, 0) is 11.8 Å². The molecule has 0 bridgehead atoms. The number of rotatable bonds is 3. The Morgan fingerprint density at radius 3 is 2.61 bits per heavy atom. The minimum atomic E-state index is -0.522. The number of esters is 1. The van der Waals surface area contributed by atoms with E-state index in [-0.39, 0.29) is 11.4 Å². The van der Waals surface area contributed by atoms with Gasteiger partial charge >= 0.3 is 5.97 Å². The summed E-state index contributed by atoms with van der Waals surface area (Å²) in [6.45, 7) is 0. The number of phenols is 1. The molecular formula is C12H12N2O4. The van der Waals surface area contributed by atoms with E-state index < -0.39 is 5.97 Å². The summed E-state index contributed by atoms with van der Waals surface area (Å²) in [5.41, 5.74) is 0.175. The van der Waals surface area contributed by atoms with E-state index in [2.05, 4.69) is 9.84 Å². The van der Waals surface area contributed by atoms with Gasteiger partial charge in [0.2, 0.25) is 5.88 Å². The van der Waals surface area contributed by atoms with Gasteiger partial charge in [0, 0.05) is 13.1 Å². The molecule has 0 saturated carbocycles. The van der Waals surface area contributed by atoms with Crippen LogP contribution in [0.3, 0.4) is 0 Å². The molecule has 0 unspecified atom stereocenters. The maximum Gasteiger partial charge on any atom is 0.358 e. The molecule has 18 heavy (non-hydrogen) atoms. The van der Waals surface area contributed by atoms with Crippen LogP contribution in [0.15, 0.2) is 30.3 Å². The Kier molecular flexibility index (Phi) is 3.18. The maximum atomic E-state index is 11.3. The molecule has 94 valence electrons. The first kappa shape index (κ1) is 12.0. The van der Waals surface area contributed by atoms with E-state index in [1.807, 2.05) is 0 Å². The largest absolute Gasteiger partial charge is 0.508 e. The minimum absolute atomic E-state index is 0.155. The standard InChI is InChI=1S/C12H12N2O4/c1-14-11(7-10(13-14)12(16)17-2)18-9-5-3-8(15)4-6-9/h3-7,15H,1-2H3. The molecule has 0 saturated heterocycles.